The van der Waals surface area contributed by atoms with E-state index < -0.39 is 0 Å². The first-order chi connectivity index (χ1) is 12.7. The summed E-state index contributed by atoms with van der Waals surface area (Å²) in [4.78, 5) is 0. The van der Waals surface area contributed by atoms with Crippen molar-refractivity contribution in [3.63, 3.8) is 0 Å². The fourth-order valence-electron chi connectivity index (χ4n) is 3.07. The van der Waals surface area contributed by atoms with Crippen LogP contribution in [0.15, 0.2) is 97.1 Å². The molecule has 0 unspecified atom stereocenters. The molecule has 138 valence electrons. The molecule has 0 bridgehead atoms. The van der Waals surface area contributed by atoms with Gasteiger partial charge in [-0.25, -0.2) is 0 Å². The molecule has 0 aliphatic carbocycles. The summed E-state index contributed by atoms with van der Waals surface area (Å²) < 4.78 is 0. The van der Waals surface area contributed by atoms with E-state index in [2.05, 4.69) is 118 Å². The first-order valence-corrected chi connectivity index (χ1v) is 9.24. The number of hydrogen-bond acceptors (Lipinski definition) is 0. The van der Waals surface area contributed by atoms with E-state index in [-0.39, 0.29) is 7.43 Å². The van der Waals surface area contributed by atoms with E-state index in [0.29, 0.717) is 5.92 Å². The lowest BCUT2D eigenvalue weighted by molar-refractivity contribution is 0.967. The molecule has 0 radical (unpaired) electrons. The van der Waals surface area contributed by atoms with Crippen LogP contribution in [0.3, 0.4) is 0 Å². The molecule has 0 aliphatic rings. The molecule has 0 saturated carbocycles. The van der Waals surface area contributed by atoms with Gasteiger partial charge in [0.05, 0.1) is 0 Å². The summed E-state index contributed by atoms with van der Waals surface area (Å²) in [5.74, 6) is 0.397. The molecule has 3 rings (SSSR count). The summed E-state index contributed by atoms with van der Waals surface area (Å²) in [5.41, 5.74) is 7.66. The maximum Gasteiger partial charge on any atom is -0.000710 e. The van der Waals surface area contributed by atoms with E-state index >= 15 is 0 Å². The van der Waals surface area contributed by atoms with Gasteiger partial charge < -0.3 is 0 Å². The van der Waals surface area contributed by atoms with Gasteiger partial charge in [0.2, 0.25) is 0 Å². The SMILES string of the molecule is C.C/C=C(\C=C/[C@@H](C)c1ccc(C)cc1)c1ccc(-c2ccccc2)cc1. The quantitative estimate of drug-likeness (QED) is 0.406. The lowest BCUT2D eigenvalue weighted by Gasteiger charge is -2.09. The maximum absolute atomic E-state index is 2.28. The van der Waals surface area contributed by atoms with Crippen LogP contribution in [-0.4, -0.2) is 0 Å². The molecule has 0 N–H and O–H groups in total. The molecule has 0 fully saturated rings. The van der Waals surface area contributed by atoms with Crippen LogP contribution in [0.25, 0.3) is 16.7 Å². The molecule has 0 saturated heterocycles. The Morgan fingerprint density at radius 1 is 0.778 bits per heavy atom. The predicted molar refractivity (Wildman–Crippen MR) is 121 cm³/mol. The van der Waals surface area contributed by atoms with Crippen LogP contribution in [0.2, 0.25) is 0 Å². The zero-order chi connectivity index (χ0) is 18.4. The van der Waals surface area contributed by atoms with Crippen molar-refractivity contribution in [2.75, 3.05) is 0 Å². The zero-order valence-electron chi connectivity index (χ0n) is 15.8. The highest BCUT2D eigenvalue weighted by Crippen LogP contribution is 2.24. The molecule has 27 heavy (non-hydrogen) atoms. The zero-order valence-corrected chi connectivity index (χ0v) is 15.8. The Bertz CT molecular complexity index is 879. The van der Waals surface area contributed by atoms with Crippen molar-refractivity contribution < 1.29 is 0 Å². The van der Waals surface area contributed by atoms with Gasteiger partial charge in [0.1, 0.15) is 0 Å². The lowest BCUT2D eigenvalue weighted by atomic mass is 9.96. The molecular weight excluding hydrogens is 324 g/mol. The van der Waals surface area contributed by atoms with Crippen molar-refractivity contribution in [2.24, 2.45) is 0 Å². The smallest absolute Gasteiger partial charge is 0.000710 e. The van der Waals surface area contributed by atoms with Gasteiger partial charge in [0.15, 0.2) is 0 Å². The Balaban J connectivity index is 0.00000261. The molecule has 0 amide bonds. The van der Waals surface area contributed by atoms with Gasteiger partial charge in [-0.3, -0.25) is 0 Å². The third-order valence-electron chi connectivity index (χ3n) is 4.80. The van der Waals surface area contributed by atoms with E-state index in [9.17, 15) is 0 Å². The summed E-state index contributed by atoms with van der Waals surface area (Å²) in [5, 5.41) is 0. The molecule has 3 aromatic carbocycles. The van der Waals surface area contributed by atoms with E-state index in [0.717, 1.165) is 0 Å². The third-order valence-corrected chi connectivity index (χ3v) is 4.80. The Morgan fingerprint density at radius 2 is 1.37 bits per heavy atom. The third kappa shape index (κ3) is 5.31. The highest BCUT2D eigenvalue weighted by molar-refractivity contribution is 5.76. The second-order valence-electron chi connectivity index (χ2n) is 6.75. The number of allylic oxidation sites excluding steroid dienone is 4. The minimum atomic E-state index is 0. The molecule has 0 aromatic heterocycles. The fourth-order valence-corrected chi connectivity index (χ4v) is 3.07. The van der Waals surface area contributed by atoms with Gasteiger partial charge in [-0.1, -0.05) is 117 Å². The highest BCUT2D eigenvalue weighted by atomic mass is 14.1. The molecule has 0 nitrogen and oxygen atoms in total. The Kier molecular flexibility index (Phi) is 7.37. The summed E-state index contributed by atoms with van der Waals surface area (Å²) in [7, 11) is 0. The van der Waals surface area contributed by atoms with Gasteiger partial charge in [0, 0.05) is 0 Å². The minimum absolute atomic E-state index is 0. The first kappa shape index (κ1) is 20.5. The van der Waals surface area contributed by atoms with Crippen molar-refractivity contribution in [1.82, 2.24) is 0 Å². The van der Waals surface area contributed by atoms with Gasteiger partial charge in [-0.15, -0.1) is 0 Å². The predicted octanol–water partition coefficient (Wildman–Crippen LogP) is 8.06. The van der Waals surface area contributed by atoms with Crippen molar-refractivity contribution in [2.45, 2.75) is 34.1 Å². The molecule has 0 spiro atoms. The second kappa shape index (κ2) is 9.73. The summed E-state index contributed by atoms with van der Waals surface area (Å²) in [6.07, 6.45) is 6.70. The van der Waals surface area contributed by atoms with Crippen LogP contribution >= 0.6 is 0 Å². The van der Waals surface area contributed by atoms with Crippen LogP contribution in [0.4, 0.5) is 0 Å². The van der Waals surface area contributed by atoms with Gasteiger partial charge in [-0.2, -0.15) is 0 Å². The Morgan fingerprint density at radius 3 is 1.96 bits per heavy atom. The number of rotatable bonds is 5. The average molecular weight is 355 g/mol. The Hall–Kier alpha value is -2.86. The molecule has 0 heterocycles. The summed E-state index contributed by atoms with van der Waals surface area (Å²) in [6.45, 7) is 6.47. The van der Waals surface area contributed by atoms with E-state index in [4.69, 9.17) is 0 Å². The van der Waals surface area contributed by atoms with Crippen LogP contribution in [0.5, 0.6) is 0 Å². The van der Waals surface area contributed by atoms with Crippen LogP contribution in [-0.2, 0) is 0 Å². The average Bonchev–Trinajstić information content (AvgIpc) is 2.70. The number of hydrogen-bond donors (Lipinski definition) is 0. The summed E-state index contributed by atoms with van der Waals surface area (Å²) >= 11 is 0. The monoisotopic (exact) mass is 354 g/mol. The maximum atomic E-state index is 2.28. The van der Waals surface area contributed by atoms with Gasteiger partial charge >= 0.3 is 0 Å². The molecule has 1 atom stereocenters. The second-order valence-corrected chi connectivity index (χ2v) is 6.75. The first-order valence-electron chi connectivity index (χ1n) is 9.24. The number of benzene rings is 3. The summed E-state index contributed by atoms with van der Waals surface area (Å²) in [6, 6.07) is 28.1. The van der Waals surface area contributed by atoms with Crippen molar-refractivity contribution >= 4 is 5.57 Å². The minimum Gasteiger partial charge on any atom is -0.0798 e. The topological polar surface area (TPSA) is 0 Å². The number of aryl methyl sites for hydroxylation is 1. The van der Waals surface area contributed by atoms with E-state index in [1.807, 2.05) is 0 Å². The molecule has 0 heteroatoms. The molecular formula is C27H30. The molecule has 3 aromatic rings. The van der Waals surface area contributed by atoms with E-state index in [1.165, 1.54) is 33.4 Å². The Labute approximate surface area is 164 Å². The van der Waals surface area contributed by atoms with Crippen molar-refractivity contribution in [3.8, 4) is 11.1 Å². The van der Waals surface area contributed by atoms with E-state index in [1.54, 1.807) is 0 Å². The largest absolute Gasteiger partial charge is 0.0798 e. The van der Waals surface area contributed by atoms with Crippen LogP contribution in [0.1, 0.15) is 43.9 Å². The van der Waals surface area contributed by atoms with Gasteiger partial charge in [-0.05, 0) is 47.6 Å². The van der Waals surface area contributed by atoms with Crippen molar-refractivity contribution in [3.05, 3.63) is 114 Å². The fraction of sp³-hybridized carbons (Fsp3) is 0.185. The standard InChI is InChI=1S/C26H26.CH4/c1-4-22(15-12-21(3)23-13-10-20(2)11-14-23)25-16-18-26(19-17-25)24-8-6-5-7-9-24;/h4-19,21H,1-3H3;1H4/b15-12-,22-4+;/t21-;/m1./s1. The van der Waals surface area contributed by atoms with Crippen LogP contribution < -0.4 is 0 Å². The lowest BCUT2D eigenvalue weighted by Crippen LogP contribution is -1.90. The molecule has 0 aliphatic heterocycles. The normalized spacial score (nSPS) is 12.6. The van der Waals surface area contributed by atoms with Gasteiger partial charge in [0.25, 0.3) is 0 Å². The van der Waals surface area contributed by atoms with Crippen LogP contribution in [0, 0.1) is 6.92 Å². The van der Waals surface area contributed by atoms with Crippen molar-refractivity contribution in [1.29, 1.82) is 0 Å². The highest BCUT2D eigenvalue weighted by Gasteiger charge is 2.03.